The van der Waals surface area contributed by atoms with E-state index in [2.05, 4.69) is 19.2 Å². The minimum atomic E-state index is -0.861. The highest BCUT2D eigenvalue weighted by Gasteiger charge is 2.20. The van der Waals surface area contributed by atoms with E-state index in [4.69, 9.17) is 5.11 Å². The van der Waals surface area contributed by atoms with Gasteiger partial charge in [0.2, 0.25) is 5.91 Å². The normalized spacial score (nSPS) is 12.5. The molecular weight excluding hydrogens is 280 g/mol. The van der Waals surface area contributed by atoms with Crippen molar-refractivity contribution >= 4 is 17.6 Å². The molecule has 0 radical (unpaired) electrons. The van der Waals surface area contributed by atoms with Crippen LogP contribution in [-0.4, -0.2) is 41.5 Å². The lowest BCUT2D eigenvalue weighted by atomic mass is 9.98. The Morgan fingerprint density at radius 3 is 2.45 bits per heavy atom. The number of nitrogens with zero attached hydrogens (tertiary/aromatic N) is 1. The van der Waals surface area contributed by atoms with E-state index in [1.165, 1.54) is 0 Å². The number of para-hydroxylation sites is 1. The van der Waals surface area contributed by atoms with E-state index in [1.807, 2.05) is 25.1 Å². The van der Waals surface area contributed by atoms with Crippen LogP contribution in [0.2, 0.25) is 0 Å². The molecule has 0 bridgehead atoms. The fourth-order valence-corrected chi connectivity index (χ4v) is 2.24. The average molecular weight is 306 g/mol. The van der Waals surface area contributed by atoms with Crippen molar-refractivity contribution < 1.29 is 14.7 Å². The predicted octanol–water partition coefficient (Wildman–Crippen LogP) is 2.85. The Hall–Kier alpha value is -1.88. The fraction of sp³-hybridized carbons (Fsp3) is 0.529. The molecule has 5 nitrogen and oxygen atoms in total. The Morgan fingerprint density at radius 1 is 1.27 bits per heavy atom. The van der Waals surface area contributed by atoms with E-state index >= 15 is 0 Å². The molecule has 22 heavy (non-hydrogen) atoms. The van der Waals surface area contributed by atoms with Crippen LogP contribution >= 0.6 is 0 Å². The number of likely N-dealkylation sites (N-methyl/N-ethyl adjacent to an activating group) is 1. The molecule has 0 saturated heterocycles. The summed E-state index contributed by atoms with van der Waals surface area (Å²) in [6, 6.07) is 5.59. The molecule has 0 aliphatic heterocycles. The van der Waals surface area contributed by atoms with Gasteiger partial charge in [0.15, 0.2) is 0 Å². The van der Waals surface area contributed by atoms with Crippen LogP contribution in [0.4, 0.5) is 5.69 Å². The van der Waals surface area contributed by atoms with Gasteiger partial charge >= 0.3 is 5.97 Å². The second-order valence-corrected chi connectivity index (χ2v) is 5.98. The number of hydrogen-bond acceptors (Lipinski definition) is 3. The van der Waals surface area contributed by atoms with Gasteiger partial charge in [0.05, 0.1) is 12.5 Å². The van der Waals surface area contributed by atoms with E-state index in [9.17, 15) is 9.59 Å². The molecule has 1 amide bonds. The molecule has 1 rings (SSSR count). The van der Waals surface area contributed by atoms with Crippen LogP contribution < -0.4 is 5.32 Å². The molecule has 1 unspecified atom stereocenters. The van der Waals surface area contributed by atoms with Gasteiger partial charge in [0.1, 0.15) is 0 Å². The number of carbonyl (C=O) groups excluding carboxylic acids is 1. The number of anilines is 1. The largest absolute Gasteiger partial charge is 0.481 e. The average Bonchev–Trinajstić information content (AvgIpc) is 2.45. The van der Waals surface area contributed by atoms with Gasteiger partial charge in [-0.15, -0.1) is 0 Å². The molecule has 0 fully saturated rings. The lowest BCUT2D eigenvalue weighted by Gasteiger charge is -2.24. The van der Waals surface area contributed by atoms with Crippen LogP contribution in [0.15, 0.2) is 18.2 Å². The van der Waals surface area contributed by atoms with Gasteiger partial charge in [0.25, 0.3) is 0 Å². The van der Waals surface area contributed by atoms with Gasteiger partial charge in [-0.25, -0.2) is 0 Å². The zero-order chi connectivity index (χ0) is 16.9. The molecule has 1 aromatic rings. The Kier molecular flexibility index (Phi) is 6.56. The summed E-state index contributed by atoms with van der Waals surface area (Å²) in [5, 5.41) is 11.7. The molecule has 0 aliphatic carbocycles. The first kappa shape index (κ1) is 18.2. The summed E-state index contributed by atoms with van der Waals surface area (Å²) in [4.78, 5) is 24.8. The minimum Gasteiger partial charge on any atom is -0.481 e. The zero-order valence-corrected chi connectivity index (χ0v) is 14.0. The van der Waals surface area contributed by atoms with Crippen LogP contribution in [0.1, 0.15) is 44.2 Å². The summed E-state index contributed by atoms with van der Waals surface area (Å²) in [6.45, 7) is 8.28. The van der Waals surface area contributed by atoms with Gasteiger partial charge in [-0.1, -0.05) is 32.0 Å². The van der Waals surface area contributed by atoms with Gasteiger partial charge < -0.3 is 10.4 Å². The van der Waals surface area contributed by atoms with Gasteiger partial charge in [-0.2, -0.15) is 0 Å². The molecule has 5 heteroatoms. The standard InChI is InChI=1S/C17H26N2O3/c1-11(2)14-8-6-7-12(3)16(14)18-17(22)13(4)19(5)10-9-15(20)21/h6-8,11,13H,9-10H2,1-5H3,(H,18,22)(H,20,21). The Bertz CT molecular complexity index is 541. The van der Waals surface area contributed by atoms with E-state index in [1.54, 1.807) is 18.9 Å². The highest BCUT2D eigenvalue weighted by atomic mass is 16.4. The number of nitrogens with one attached hydrogen (secondary N) is 1. The summed E-state index contributed by atoms with van der Waals surface area (Å²) in [7, 11) is 1.76. The Balaban J connectivity index is 2.82. The first-order valence-electron chi connectivity index (χ1n) is 7.56. The quantitative estimate of drug-likeness (QED) is 0.812. The molecule has 1 aromatic carbocycles. The summed E-state index contributed by atoms with van der Waals surface area (Å²) in [6.07, 6.45) is 0.0235. The first-order chi connectivity index (χ1) is 10.2. The molecule has 0 aliphatic rings. The molecular formula is C17H26N2O3. The first-order valence-corrected chi connectivity index (χ1v) is 7.56. The van der Waals surface area contributed by atoms with Crippen molar-refractivity contribution in [3.05, 3.63) is 29.3 Å². The molecule has 0 heterocycles. The van der Waals surface area contributed by atoms with Gasteiger partial charge in [-0.3, -0.25) is 14.5 Å². The maximum Gasteiger partial charge on any atom is 0.304 e. The van der Waals surface area contributed by atoms with Crippen molar-refractivity contribution in [1.82, 2.24) is 4.90 Å². The van der Waals surface area contributed by atoms with E-state index in [0.717, 1.165) is 16.8 Å². The predicted molar refractivity (Wildman–Crippen MR) is 88.2 cm³/mol. The Labute approximate surface area is 132 Å². The number of carbonyl (C=O) groups is 2. The number of rotatable bonds is 7. The topological polar surface area (TPSA) is 69.6 Å². The summed E-state index contributed by atoms with van der Waals surface area (Å²) in [5.74, 6) is -0.667. The smallest absolute Gasteiger partial charge is 0.304 e. The van der Waals surface area contributed by atoms with Crippen LogP contribution in [0.25, 0.3) is 0 Å². The third-order valence-corrected chi connectivity index (χ3v) is 3.89. The molecule has 0 aromatic heterocycles. The minimum absolute atomic E-state index is 0.0235. The second kappa shape index (κ2) is 7.94. The number of carboxylic acids is 1. The number of hydrogen-bond donors (Lipinski definition) is 2. The van der Waals surface area contributed by atoms with Crippen LogP contribution in [-0.2, 0) is 9.59 Å². The SMILES string of the molecule is Cc1cccc(C(C)C)c1NC(=O)C(C)N(C)CCC(=O)O. The number of carboxylic acid groups (broad SMARTS) is 1. The van der Waals surface area contributed by atoms with Crippen LogP contribution in [0, 0.1) is 6.92 Å². The third-order valence-electron chi connectivity index (χ3n) is 3.89. The van der Waals surface area contributed by atoms with Crippen molar-refractivity contribution in [2.24, 2.45) is 0 Å². The maximum absolute atomic E-state index is 12.4. The van der Waals surface area contributed by atoms with Crippen LogP contribution in [0.3, 0.4) is 0 Å². The molecule has 0 spiro atoms. The summed E-state index contributed by atoms with van der Waals surface area (Å²) in [5.41, 5.74) is 3.00. The monoisotopic (exact) mass is 306 g/mol. The van der Waals surface area contributed by atoms with Crippen molar-refractivity contribution in [3.8, 4) is 0 Å². The lowest BCUT2D eigenvalue weighted by molar-refractivity contribution is -0.137. The van der Waals surface area contributed by atoms with E-state index in [0.29, 0.717) is 12.5 Å². The highest BCUT2D eigenvalue weighted by Crippen LogP contribution is 2.27. The van der Waals surface area contributed by atoms with Gasteiger partial charge in [-0.05, 0) is 37.9 Å². The second-order valence-electron chi connectivity index (χ2n) is 5.98. The molecule has 2 N–H and O–H groups in total. The zero-order valence-electron chi connectivity index (χ0n) is 14.0. The van der Waals surface area contributed by atoms with Crippen molar-refractivity contribution in [1.29, 1.82) is 0 Å². The molecule has 1 atom stereocenters. The number of aryl methyl sites for hydroxylation is 1. The third kappa shape index (κ3) is 4.84. The van der Waals surface area contributed by atoms with Crippen LogP contribution in [0.5, 0.6) is 0 Å². The summed E-state index contributed by atoms with van der Waals surface area (Å²) >= 11 is 0. The van der Waals surface area contributed by atoms with Crippen molar-refractivity contribution in [3.63, 3.8) is 0 Å². The Morgan fingerprint density at radius 2 is 1.91 bits per heavy atom. The van der Waals surface area contributed by atoms with Gasteiger partial charge in [0, 0.05) is 12.2 Å². The fourth-order valence-electron chi connectivity index (χ4n) is 2.24. The molecule has 0 saturated carbocycles. The van der Waals surface area contributed by atoms with E-state index < -0.39 is 5.97 Å². The molecule has 122 valence electrons. The van der Waals surface area contributed by atoms with Crippen molar-refractivity contribution in [2.45, 2.75) is 46.1 Å². The lowest BCUT2D eigenvalue weighted by Crippen LogP contribution is -2.40. The number of aliphatic carboxylic acids is 1. The number of benzene rings is 1. The summed E-state index contributed by atoms with van der Waals surface area (Å²) < 4.78 is 0. The number of amides is 1. The maximum atomic E-state index is 12.4. The van der Waals surface area contributed by atoms with Crippen molar-refractivity contribution in [2.75, 3.05) is 18.9 Å². The highest BCUT2D eigenvalue weighted by molar-refractivity contribution is 5.96. The van der Waals surface area contributed by atoms with E-state index in [-0.39, 0.29) is 18.4 Å².